The molecule has 0 radical (unpaired) electrons. The molecule has 6 heteroatoms. The fraction of sp³-hybridized carbons (Fsp3) is 0.176. The summed E-state index contributed by atoms with van der Waals surface area (Å²) in [5.74, 6) is -2.90. The van der Waals surface area contributed by atoms with Gasteiger partial charge in [0.1, 0.15) is 0 Å². The first-order chi connectivity index (χ1) is 35.1. The Kier molecular flexibility index (Phi) is 17.1. The summed E-state index contributed by atoms with van der Waals surface area (Å²) in [4.78, 5) is 0. The second-order valence-corrected chi connectivity index (χ2v) is 64.8. The average Bonchev–Trinajstić information content (AvgIpc) is 4.25. The maximum atomic E-state index is 2.63. The van der Waals surface area contributed by atoms with E-state index in [-0.39, 0.29) is 24.8 Å². The van der Waals surface area contributed by atoms with Gasteiger partial charge in [-0.25, -0.2) is 0 Å². The van der Waals surface area contributed by atoms with Crippen LogP contribution in [0.25, 0.3) is 24.3 Å². The van der Waals surface area contributed by atoms with E-state index in [1.807, 2.05) is 0 Å². The number of benzene rings is 8. The largest absolute Gasteiger partial charge is 1.00 e. The van der Waals surface area contributed by atoms with Crippen LogP contribution in [-0.2, 0) is 41.2 Å². The predicted octanol–water partition coefficient (Wildman–Crippen LogP) is 7.83. The molecule has 0 bridgehead atoms. The molecular weight excluding hydrogens is 1300 g/mol. The molecule has 8 aromatic rings. The van der Waals surface area contributed by atoms with Crippen LogP contribution in [0.2, 0.25) is 0 Å². The van der Waals surface area contributed by atoms with Crippen molar-refractivity contribution < 1.29 is 66.0 Å². The van der Waals surface area contributed by atoms with E-state index in [0.717, 1.165) is 0 Å². The molecule has 4 aliphatic rings. The molecule has 0 saturated carbocycles. The van der Waals surface area contributed by atoms with Crippen molar-refractivity contribution in [2.45, 2.75) is 70.1 Å². The normalized spacial score (nSPS) is 17.0. The third-order valence-electron chi connectivity index (χ3n) is 16.6. The summed E-state index contributed by atoms with van der Waals surface area (Å²) < 4.78 is 2.45. The van der Waals surface area contributed by atoms with Crippen LogP contribution < -0.4 is 45.6 Å². The summed E-state index contributed by atoms with van der Waals surface area (Å²) >= 11 is -5.16. The first-order valence-corrected chi connectivity index (χ1v) is 50.4. The van der Waals surface area contributed by atoms with E-state index < -0.39 is 53.2 Å². The molecule has 0 amide bonds. The number of aryl methyl sites for hydroxylation is 8. The Labute approximate surface area is 471 Å². The van der Waals surface area contributed by atoms with E-state index in [2.05, 4.69) is 274 Å². The molecule has 4 unspecified atom stereocenters. The molecule has 0 aromatic heterocycles. The molecule has 0 saturated heterocycles. The van der Waals surface area contributed by atoms with Gasteiger partial charge in [-0.3, -0.25) is 0 Å². The summed E-state index contributed by atoms with van der Waals surface area (Å²) in [6.07, 6.45) is 20.4. The van der Waals surface area contributed by atoms with Crippen molar-refractivity contribution in [3.8, 4) is 0 Å². The van der Waals surface area contributed by atoms with Gasteiger partial charge >= 0.3 is 451 Å². The van der Waals surface area contributed by atoms with Crippen LogP contribution in [0.5, 0.6) is 0 Å². The maximum Gasteiger partial charge on any atom is -1.00 e. The Hall–Kier alpha value is -4.53. The summed E-state index contributed by atoms with van der Waals surface area (Å²) in [5.41, 5.74) is 24.2. The molecule has 0 fully saturated rings. The topological polar surface area (TPSA) is 0 Å². The fourth-order valence-electron chi connectivity index (χ4n) is 13.1. The van der Waals surface area contributed by atoms with Crippen molar-refractivity contribution in [3.05, 3.63) is 283 Å². The van der Waals surface area contributed by atoms with Crippen molar-refractivity contribution in [3.63, 3.8) is 0 Å². The van der Waals surface area contributed by atoms with E-state index in [1.54, 1.807) is 43.0 Å². The van der Waals surface area contributed by atoms with Gasteiger partial charge in [0.2, 0.25) is 0 Å². The molecular formula is C68H66Cl2Hf2Si2. The van der Waals surface area contributed by atoms with E-state index in [9.17, 15) is 0 Å². The quantitative estimate of drug-likeness (QED) is 0.123. The zero-order valence-electron chi connectivity index (χ0n) is 44.0. The van der Waals surface area contributed by atoms with Crippen LogP contribution in [0.15, 0.2) is 194 Å². The van der Waals surface area contributed by atoms with Crippen LogP contribution >= 0.6 is 0 Å². The van der Waals surface area contributed by atoms with Crippen LogP contribution in [-0.4, -0.2) is 12.0 Å². The Morgan fingerprint density at radius 2 is 0.446 bits per heavy atom. The Balaban J connectivity index is 0.000000177. The van der Waals surface area contributed by atoms with Gasteiger partial charge in [-0.2, -0.15) is 0 Å². The molecule has 0 nitrogen and oxygen atoms in total. The number of hydrogen-bond acceptors (Lipinski definition) is 0. The van der Waals surface area contributed by atoms with Gasteiger partial charge < -0.3 is 24.8 Å². The average molecular weight is 1370 g/mol. The number of hydrogen-bond donors (Lipinski definition) is 0. The van der Waals surface area contributed by atoms with E-state index >= 15 is 0 Å². The SMILES string of the molecule is Cc1ccc(C)c2c1C=C[CH]2[Hf+]([CH]1C=Cc2c(C)ccc(C)c21)[SiH](c1ccccc1)c1ccccc1.Cc1ccc(C)c2c1C=C[CH]2[Hf+]([CH]1C=Cc2c(C)ccc(C)c21)[SiH](c1ccccc1)c1ccccc1.[Cl-].[Cl-]. The van der Waals surface area contributed by atoms with Gasteiger partial charge in [-0.1, -0.05) is 0 Å². The number of rotatable bonds is 10. The van der Waals surface area contributed by atoms with Crippen LogP contribution in [0.1, 0.15) is 104 Å². The second-order valence-electron chi connectivity index (χ2n) is 21.0. The number of allylic oxidation sites excluding steroid dienone is 4. The third-order valence-corrected chi connectivity index (χ3v) is 79.9. The van der Waals surface area contributed by atoms with Crippen LogP contribution in [0, 0.1) is 55.4 Å². The standard InChI is InChI=1S/2C12H11Si.4C11H11.2ClH.2Hf/c2*1-3-7-11(8-4-1)13-12-9-5-2-6-10-12;4*1-8-6-7-9(2)11-5-3-4-10(8)11;;;;/h2*1-10,13H;4*3-7H,1-2H3;2*1H;;/q;;;;;;;;2*+1/p-2. The smallest absolute Gasteiger partial charge is 1.00 e. The molecule has 8 aromatic carbocycles. The molecule has 4 atom stereocenters. The zero-order chi connectivity index (χ0) is 49.6. The maximum absolute atomic E-state index is 2.63. The first kappa shape index (κ1) is 54.3. The van der Waals surface area contributed by atoms with Gasteiger partial charge in [0.15, 0.2) is 0 Å². The van der Waals surface area contributed by atoms with Crippen molar-refractivity contribution >= 4 is 57.0 Å². The molecule has 368 valence electrons. The Morgan fingerprint density at radius 1 is 0.257 bits per heavy atom. The minimum Gasteiger partial charge on any atom is -1.00 e. The summed E-state index contributed by atoms with van der Waals surface area (Å²) in [6, 6.07) is 65.1. The van der Waals surface area contributed by atoms with E-state index in [0.29, 0.717) is 14.7 Å². The monoisotopic (exact) mass is 1370 g/mol. The summed E-state index contributed by atoms with van der Waals surface area (Å²) in [5, 5.41) is 6.52. The molecule has 4 aliphatic carbocycles. The van der Waals surface area contributed by atoms with Gasteiger partial charge in [-0.15, -0.1) is 0 Å². The number of halogens is 2. The van der Waals surface area contributed by atoms with Crippen LogP contribution in [0.3, 0.4) is 0 Å². The van der Waals surface area contributed by atoms with Gasteiger partial charge in [0.25, 0.3) is 0 Å². The molecule has 12 rings (SSSR count). The minimum atomic E-state index is -2.58. The number of fused-ring (bicyclic) bond motifs is 4. The van der Waals surface area contributed by atoms with Crippen molar-refractivity contribution in [1.82, 2.24) is 0 Å². The second kappa shape index (κ2) is 23.4. The third kappa shape index (κ3) is 10.1. The first-order valence-electron chi connectivity index (χ1n) is 26.1. The van der Waals surface area contributed by atoms with Crippen molar-refractivity contribution in [2.75, 3.05) is 0 Å². The minimum absolute atomic E-state index is 0. The summed E-state index contributed by atoms with van der Waals surface area (Å²) in [6.45, 7) is 18.5. The predicted molar refractivity (Wildman–Crippen MR) is 309 cm³/mol. The Bertz CT molecular complexity index is 2980. The molecule has 0 spiro atoms. The van der Waals surface area contributed by atoms with Gasteiger partial charge in [0.05, 0.1) is 0 Å². The fourth-order valence-corrected chi connectivity index (χ4v) is 86.4. The van der Waals surface area contributed by atoms with Crippen LogP contribution in [0.4, 0.5) is 0 Å². The van der Waals surface area contributed by atoms with Gasteiger partial charge in [0, 0.05) is 0 Å². The van der Waals surface area contributed by atoms with Crippen molar-refractivity contribution in [2.24, 2.45) is 0 Å². The molecule has 0 heterocycles. The summed E-state index contributed by atoms with van der Waals surface area (Å²) in [7, 11) is 0. The van der Waals surface area contributed by atoms with Gasteiger partial charge in [-0.05, 0) is 0 Å². The van der Waals surface area contributed by atoms with Crippen molar-refractivity contribution in [1.29, 1.82) is 0 Å². The molecule has 74 heavy (non-hydrogen) atoms. The van der Waals surface area contributed by atoms with E-state index in [4.69, 9.17) is 0 Å². The van der Waals surface area contributed by atoms with E-state index in [1.165, 1.54) is 66.8 Å². The molecule has 0 N–H and O–H groups in total. The zero-order valence-corrected chi connectivity index (χ0v) is 55.0. The Morgan fingerprint density at radius 3 is 0.649 bits per heavy atom. The molecule has 0 aliphatic heterocycles.